The van der Waals surface area contributed by atoms with Gasteiger partial charge in [0.1, 0.15) is 18.0 Å². The van der Waals surface area contributed by atoms with Crippen LogP contribution in [0.25, 0.3) is 5.69 Å². The van der Waals surface area contributed by atoms with Crippen LogP contribution in [0.1, 0.15) is 39.2 Å². The van der Waals surface area contributed by atoms with Gasteiger partial charge >= 0.3 is 6.18 Å². The summed E-state index contributed by atoms with van der Waals surface area (Å²) in [4.78, 5) is 6.01. The summed E-state index contributed by atoms with van der Waals surface area (Å²) in [6, 6.07) is 6.68. The zero-order valence-corrected chi connectivity index (χ0v) is 19.1. The van der Waals surface area contributed by atoms with Crippen molar-refractivity contribution in [2.45, 2.75) is 39.8 Å². The molecule has 0 unspecified atom stereocenters. The molecule has 0 bridgehead atoms. The molecule has 1 aliphatic heterocycles. The topological polar surface area (TPSA) is 46.0 Å². The van der Waals surface area contributed by atoms with Gasteiger partial charge in [-0.2, -0.15) is 18.2 Å². The van der Waals surface area contributed by atoms with E-state index in [1.165, 1.54) is 6.33 Å². The quantitative estimate of drug-likeness (QED) is 0.430. The first kappa shape index (κ1) is 24.0. The Balaban J connectivity index is 1.63. The molecule has 1 aromatic heterocycles. The van der Waals surface area contributed by atoms with Crippen LogP contribution >= 0.6 is 0 Å². The van der Waals surface area contributed by atoms with E-state index in [9.17, 15) is 22.0 Å². The van der Waals surface area contributed by atoms with E-state index in [4.69, 9.17) is 0 Å². The van der Waals surface area contributed by atoms with Gasteiger partial charge in [-0.15, -0.1) is 5.10 Å². The van der Waals surface area contributed by atoms with Crippen LogP contribution in [0, 0.1) is 23.0 Å². The van der Waals surface area contributed by atoms with Crippen molar-refractivity contribution < 1.29 is 22.0 Å². The Morgan fingerprint density at radius 2 is 1.65 bits per heavy atom. The Bertz CT molecular complexity index is 1150. The van der Waals surface area contributed by atoms with Crippen LogP contribution in [0.3, 0.4) is 0 Å². The van der Waals surface area contributed by atoms with Gasteiger partial charge in [-0.3, -0.25) is 0 Å². The van der Waals surface area contributed by atoms with Crippen LogP contribution in [0.15, 0.2) is 42.7 Å². The summed E-state index contributed by atoms with van der Waals surface area (Å²) in [5, 5.41) is 6.90. The molecular formula is C24H26F5N5. The van der Waals surface area contributed by atoms with Gasteiger partial charge in [0.2, 0.25) is 5.95 Å². The van der Waals surface area contributed by atoms with Gasteiger partial charge in [0.25, 0.3) is 0 Å². The second-order valence-corrected chi connectivity index (χ2v) is 9.68. The van der Waals surface area contributed by atoms with Crippen molar-refractivity contribution in [3.05, 3.63) is 59.9 Å². The van der Waals surface area contributed by atoms with Crippen molar-refractivity contribution in [3.8, 4) is 5.69 Å². The van der Waals surface area contributed by atoms with Crippen molar-refractivity contribution in [2.75, 3.05) is 23.3 Å². The van der Waals surface area contributed by atoms with Crippen LogP contribution in [0.4, 0.5) is 39.3 Å². The molecule has 0 radical (unpaired) electrons. The maximum Gasteiger partial charge on any atom is 0.416 e. The third-order valence-corrected chi connectivity index (χ3v) is 6.12. The molecule has 1 fully saturated rings. The molecule has 3 aromatic rings. The van der Waals surface area contributed by atoms with E-state index in [1.54, 1.807) is 6.07 Å². The van der Waals surface area contributed by atoms with E-state index in [0.717, 1.165) is 47.9 Å². The van der Waals surface area contributed by atoms with Gasteiger partial charge in [-0.25, -0.2) is 13.5 Å². The first-order valence-corrected chi connectivity index (χ1v) is 11.0. The fourth-order valence-corrected chi connectivity index (χ4v) is 4.19. The molecule has 5 nitrogen and oxygen atoms in total. The molecule has 34 heavy (non-hydrogen) atoms. The number of aromatic nitrogens is 3. The summed E-state index contributed by atoms with van der Waals surface area (Å²) in [6.07, 6.45) is -1.37. The number of nitrogens with zero attached hydrogens (tertiary/aromatic N) is 4. The van der Waals surface area contributed by atoms with Crippen LogP contribution < -0.4 is 10.2 Å². The van der Waals surface area contributed by atoms with E-state index in [-0.39, 0.29) is 22.7 Å². The minimum Gasteiger partial charge on any atom is -0.371 e. The van der Waals surface area contributed by atoms with Crippen molar-refractivity contribution in [1.82, 2.24) is 14.8 Å². The summed E-state index contributed by atoms with van der Waals surface area (Å²) < 4.78 is 69.2. The predicted molar refractivity (Wildman–Crippen MR) is 120 cm³/mol. The molecule has 10 heteroatoms. The number of benzene rings is 2. The molecule has 1 atom stereocenters. The van der Waals surface area contributed by atoms with Gasteiger partial charge in [0.05, 0.1) is 11.3 Å². The third kappa shape index (κ3) is 5.48. The minimum atomic E-state index is -4.53. The first-order valence-electron chi connectivity index (χ1n) is 11.0. The van der Waals surface area contributed by atoms with E-state index >= 15 is 0 Å². The molecule has 1 N–H and O–H groups in total. The summed E-state index contributed by atoms with van der Waals surface area (Å²) in [5.74, 6) is -1.20. The highest BCUT2D eigenvalue weighted by atomic mass is 19.4. The molecule has 0 saturated carbocycles. The predicted octanol–water partition coefficient (Wildman–Crippen LogP) is 6.57. The highest BCUT2D eigenvalue weighted by Crippen LogP contribution is 2.38. The van der Waals surface area contributed by atoms with Gasteiger partial charge < -0.3 is 10.2 Å². The van der Waals surface area contributed by atoms with E-state index in [1.807, 2.05) is 4.90 Å². The number of anilines is 3. The number of halogens is 5. The van der Waals surface area contributed by atoms with Crippen LogP contribution in [-0.4, -0.2) is 27.9 Å². The fraction of sp³-hybridized carbons (Fsp3) is 0.417. The Morgan fingerprint density at radius 1 is 0.941 bits per heavy atom. The van der Waals surface area contributed by atoms with Crippen molar-refractivity contribution >= 4 is 17.3 Å². The van der Waals surface area contributed by atoms with E-state index in [2.05, 4.69) is 36.2 Å². The van der Waals surface area contributed by atoms with Crippen molar-refractivity contribution in [1.29, 1.82) is 0 Å². The van der Waals surface area contributed by atoms with Crippen LogP contribution in [0.5, 0.6) is 0 Å². The van der Waals surface area contributed by atoms with Crippen molar-refractivity contribution in [2.24, 2.45) is 11.3 Å². The summed E-state index contributed by atoms with van der Waals surface area (Å²) in [7, 11) is 0. The molecule has 2 heterocycles. The fourth-order valence-electron chi connectivity index (χ4n) is 4.19. The van der Waals surface area contributed by atoms with Crippen LogP contribution in [0.2, 0.25) is 0 Å². The van der Waals surface area contributed by atoms with Crippen molar-refractivity contribution in [3.63, 3.8) is 0 Å². The highest BCUT2D eigenvalue weighted by Gasteiger charge is 2.34. The summed E-state index contributed by atoms with van der Waals surface area (Å²) in [5.41, 5.74) is 0.0132. The third-order valence-electron chi connectivity index (χ3n) is 6.12. The van der Waals surface area contributed by atoms with Gasteiger partial charge in [0.15, 0.2) is 0 Å². The lowest BCUT2D eigenvalue weighted by atomic mass is 9.76. The van der Waals surface area contributed by atoms with E-state index < -0.39 is 23.4 Å². The second kappa shape index (κ2) is 8.88. The molecular weight excluding hydrogens is 453 g/mol. The lowest BCUT2D eigenvalue weighted by Crippen LogP contribution is -2.40. The Kier molecular flexibility index (Phi) is 6.26. The zero-order valence-electron chi connectivity index (χ0n) is 19.1. The normalized spacial score (nSPS) is 17.2. The number of hydrogen-bond donors (Lipinski definition) is 1. The molecule has 0 aliphatic carbocycles. The average Bonchev–Trinajstić information content (AvgIpc) is 3.20. The Labute approximate surface area is 194 Å². The molecule has 4 rings (SSSR count). The average molecular weight is 479 g/mol. The minimum absolute atomic E-state index is 0.00107. The second-order valence-electron chi connectivity index (χ2n) is 9.68. The number of alkyl halides is 3. The SMILES string of the molecule is CC(C)(C)[C@H]1CCCN(c2cc(Nc3ncn(-c4cc(F)cc(F)c4)n3)cc(C(F)(F)F)c2)C1. The molecule has 0 amide bonds. The maximum absolute atomic E-state index is 13.7. The Hall–Kier alpha value is -3.17. The number of hydrogen-bond acceptors (Lipinski definition) is 4. The highest BCUT2D eigenvalue weighted by molar-refractivity contribution is 5.64. The lowest BCUT2D eigenvalue weighted by molar-refractivity contribution is -0.137. The van der Waals surface area contributed by atoms with Gasteiger partial charge in [0, 0.05) is 30.5 Å². The largest absolute Gasteiger partial charge is 0.416 e. The maximum atomic E-state index is 13.7. The monoisotopic (exact) mass is 479 g/mol. The standard InChI is InChI=1S/C24H26F5N5/c1-23(2,3)15-5-4-6-33(13-15)20-8-16(24(27,28)29)7-19(12-20)31-22-30-14-34(32-22)21-10-17(25)9-18(26)11-21/h7-12,14-15H,4-6,13H2,1-3H3,(H,31,32)/t15-/m0/s1. The molecule has 0 spiro atoms. The molecule has 2 aromatic carbocycles. The smallest absolute Gasteiger partial charge is 0.371 e. The zero-order chi connectivity index (χ0) is 24.7. The Morgan fingerprint density at radius 3 is 2.29 bits per heavy atom. The molecule has 1 aliphatic rings. The number of nitrogens with one attached hydrogen (secondary N) is 1. The lowest BCUT2D eigenvalue weighted by Gasteiger charge is -2.41. The summed E-state index contributed by atoms with van der Waals surface area (Å²) >= 11 is 0. The first-order chi connectivity index (χ1) is 15.9. The molecule has 1 saturated heterocycles. The van der Waals surface area contributed by atoms with Gasteiger partial charge in [-0.05, 0) is 54.5 Å². The van der Waals surface area contributed by atoms with E-state index in [0.29, 0.717) is 24.7 Å². The number of rotatable bonds is 4. The molecule has 182 valence electrons. The summed E-state index contributed by atoms with van der Waals surface area (Å²) in [6.45, 7) is 7.78. The van der Waals surface area contributed by atoms with Crippen LogP contribution in [-0.2, 0) is 6.18 Å². The van der Waals surface area contributed by atoms with Gasteiger partial charge in [-0.1, -0.05) is 20.8 Å². The number of piperidine rings is 1.